The Morgan fingerprint density at radius 3 is 2.94 bits per heavy atom. The highest BCUT2D eigenvalue weighted by molar-refractivity contribution is 8.00. The van der Waals surface area contributed by atoms with E-state index in [9.17, 15) is 9.59 Å². The summed E-state index contributed by atoms with van der Waals surface area (Å²) >= 11 is 1.53. The molecule has 2 atom stereocenters. The van der Waals surface area contributed by atoms with Crippen molar-refractivity contribution in [1.82, 2.24) is 9.80 Å². The van der Waals surface area contributed by atoms with Crippen LogP contribution in [0.1, 0.15) is 6.92 Å². The van der Waals surface area contributed by atoms with Gasteiger partial charge in [-0.2, -0.15) is 0 Å². The highest BCUT2D eigenvalue weighted by Gasteiger charge is 2.30. The number of aliphatic hydroxyl groups is 1. The lowest BCUT2D eigenvalue weighted by Gasteiger charge is -2.36. The Balaban J connectivity index is 1.89. The number of amides is 2. The summed E-state index contributed by atoms with van der Waals surface area (Å²) in [5, 5.41) is 9.10. The molecule has 2 saturated heterocycles. The maximum atomic E-state index is 12.1. The molecule has 0 aromatic rings. The maximum absolute atomic E-state index is 12.1. The van der Waals surface area contributed by atoms with E-state index in [0.717, 1.165) is 0 Å². The number of hydrogen-bond acceptors (Lipinski definition) is 5. The number of hydrogen-bond donors (Lipinski definition) is 1. The molecule has 18 heavy (non-hydrogen) atoms. The quantitative estimate of drug-likeness (QED) is 0.724. The maximum Gasteiger partial charge on any atom is 0.242 e. The Kier molecular flexibility index (Phi) is 4.47. The summed E-state index contributed by atoms with van der Waals surface area (Å²) in [6, 6.07) is 0. The lowest BCUT2D eigenvalue weighted by molar-refractivity contribution is -0.150. The molecule has 2 heterocycles. The fourth-order valence-corrected chi connectivity index (χ4v) is 3.06. The summed E-state index contributed by atoms with van der Waals surface area (Å²) in [4.78, 5) is 26.8. The molecule has 0 aromatic heterocycles. The molecule has 0 aliphatic carbocycles. The fourth-order valence-electron chi connectivity index (χ4n) is 2.15. The van der Waals surface area contributed by atoms with E-state index >= 15 is 0 Å². The van der Waals surface area contributed by atoms with Crippen molar-refractivity contribution in [2.45, 2.75) is 19.1 Å². The monoisotopic (exact) mass is 274 g/mol. The van der Waals surface area contributed by atoms with Gasteiger partial charge in [0.05, 0.1) is 30.4 Å². The van der Waals surface area contributed by atoms with Crippen LogP contribution in [0, 0.1) is 0 Å². The summed E-state index contributed by atoms with van der Waals surface area (Å²) in [6.07, 6.45) is -0.398. The van der Waals surface area contributed by atoms with Crippen molar-refractivity contribution in [1.29, 1.82) is 0 Å². The molecule has 102 valence electrons. The first-order chi connectivity index (χ1) is 8.60. The number of rotatable bonds is 3. The number of aliphatic hydroxyl groups excluding tert-OH is 1. The van der Waals surface area contributed by atoms with E-state index in [1.54, 1.807) is 9.80 Å². The third-order valence-electron chi connectivity index (χ3n) is 3.03. The van der Waals surface area contributed by atoms with Gasteiger partial charge in [0.2, 0.25) is 11.8 Å². The molecule has 0 aromatic carbocycles. The van der Waals surface area contributed by atoms with Gasteiger partial charge >= 0.3 is 0 Å². The molecule has 0 spiro atoms. The normalized spacial score (nSPS) is 28.9. The molecule has 0 saturated carbocycles. The Labute approximate surface area is 110 Å². The molecule has 2 aliphatic heterocycles. The number of ether oxygens (including phenoxy) is 1. The lowest BCUT2D eigenvalue weighted by Crippen LogP contribution is -2.52. The van der Waals surface area contributed by atoms with Crippen molar-refractivity contribution < 1.29 is 19.4 Å². The van der Waals surface area contributed by atoms with E-state index in [-0.39, 0.29) is 37.2 Å². The van der Waals surface area contributed by atoms with Crippen molar-refractivity contribution in [3.8, 4) is 0 Å². The molecule has 0 radical (unpaired) electrons. The van der Waals surface area contributed by atoms with Crippen LogP contribution in [0.3, 0.4) is 0 Å². The Morgan fingerprint density at radius 2 is 2.33 bits per heavy atom. The second-order valence-electron chi connectivity index (χ2n) is 4.62. The van der Waals surface area contributed by atoms with E-state index in [4.69, 9.17) is 9.84 Å². The van der Waals surface area contributed by atoms with Gasteiger partial charge in [-0.15, -0.1) is 11.8 Å². The summed E-state index contributed by atoms with van der Waals surface area (Å²) in [7, 11) is 0. The highest BCUT2D eigenvalue weighted by Crippen LogP contribution is 2.16. The number of morpholine rings is 1. The molecule has 2 unspecified atom stereocenters. The Hall–Kier alpha value is -0.790. The highest BCUT2D eigenvalue weighted by atomic mass is 32.2. The molecule has 1 N–H and O–H groups in total. The number of carbonyl (C=O) groups excluding carboxylic acids is 2. The average molecular weight is 274 g/mol. The van der Waals surface area contributed by atoms with Gasteiger partial charge in [-0.25, -0.2) is 0 Å². The van der Waals surface area contributed by atoms with Crippen molar-refractivity contribution in [2.75, 3.05) is 37.9 Å². The number of nitrogens with zero attached hydrogens (tertiary/aromatic N) is 2. The molecular weight excluding hydrogens is 256 g/mol. The van der Waals surface area contributed by atoms with Crippen LogP contribution in [-0.4, -0.2) is 76.8 Å². The van der Waals surface area contributed by atoms with Crippen molar-refractivity contribution >= 4 is 23.6 Å². The summed E-state index contributed by atoms with van der Waals surface area (Å²) in [6.45, 7) is 2.83. The van der Waals surface area contributed by atoms with Gasteiger partial charge in [0.1, 0.15) is 6.54 Å². The zero-order chi connectivity index (χ0) is 13.1. The second-order valence-corrected chi connectivity index (χ2v) is 5.57. The average Bonchev–Trinajstić information content (AvgIpc) is 2.74. The molecule has 2 aliphatic rings. The Bertz CT molecular complexity index is 339. The molecule has 2 rings (SSSR count). The van der Waals surface area contributed by atoms with E-state index < -0.39 is 0 Å². The van der Waals surface area contributed by atoms with Gasteiger partial charge in [0.15, 0.2) is 0 Å². The molecule has 0 bridgehead atoms. The smallest absolute Gasteiger partial charge is 0.242 e. The predicted molar refractivity (Wildman–Crippen MR) is 67.0 cm³/mol. The molecule has 2 amide bonds. The minimum Gasteiger partial charge on any atom is -0.394 e. The lowest BCUT2D eigenvalue weighted by atomic mass is 10.2. The third kappa shape index (κ3) is 3.15. The van der Waals surface area contributed by atoms with Crippen LogP contribution in [0.25, 0.3) is 0 Å². The van der Waals surface area contributed by atoms with Crippen LogP contribution in [0.4, 0.5) is 0 Å². The van der Waals surface area contributed by atoms with Gasteiger partial charge < -0.3 is 19.6 Å². The molecular formula is C11H18N2O4S. The number of carbonyl (C=O) groups is 2. The standard InChI is InChI=1S/C11H18N2O4S/c1-8-2-12(3-9(5-14)17-8)10(15)4-13-7-18-6-11(13)16/h8-9,14H,2-7H2,1H3. The van der Waals surface area contributed by atoms with Crippen LogP contribution in [0.2, 0.25) is 0 Å². The van der Waals surface area contributed by atoms with E-state index in [1.807, 2.05) is 6.92 Å². The first-order valence-electron chi connectivity index (χ1n) is 5.99. The third-order valence-corrected chi connectivity index (χ3v) is 3.98. The SMILES string of the molecule is CC1CN(C(=O)CN2CSCC2=O)CC(CO)O1. The van der Waals surface area contributed by atoms with E-state index in [0.29, 0.717) is 24.7 Å². The van der Waals surface area contributed by atoms with Crippen LogP contribution >= 0.6 is 11.8 Å². The van der Waals surface area contributed by atoms with Crippen LogP contribution < -0.4 is 0 Å². The van der Waals surface area contributed by atoms with Crippen LogP contribution in [-0.2, 0) is 14.3 Å². The largest absolute Gasteiger partial charge is 0.394 e. The minimum absolute atomic E-state index is 0.0216. The summed E-state index contributed by atoms with van der Waals surface area (Å²) in [5.41, 5.74) is 0. The zero-order valence-electron chi connectivity index (χ0n) is 10.4. The molecule has 7 heteroatoms. The van der Waals surface area contributed by atoms with Gasteiger partial charge in [-0.3, -0.25) is 9.59 Å². The van der Waals surface area contributed by atoms with Gasteiger partial charge in [-0.05, 0) is 6.92 Å². The molecule has 2 fully saturated rings. The van der Waals surface area contributed by atoms with Crippen molar-refractivity contribution in [3.63, 3.8) is 0 Å². The molecule has 6 nitrogen and oxygen atoms in total. The predicted octanol–water partition coefficient (Wildman–Crippen LogP) is -0.872. The Morgan fingerprint density at radius 1 is 1.56 bits per heavy atom. The van der Waals surface area contributed by atoms with Gasteiger partial charge in [-0.1, -0.05) is 0 Å². The first kappa shape index (κ1) is 13.6. The second kappa shape index (κ2) is 5.90. The van der Waals surface area contributed by atoms with Crippen molar-refractivity contribution in [3.05, 3.63) is 0 Å². The fraction of sp³-hybridized carbons (Fsp3) is 0.818. The van der Waals surface area contributed by atoms with Crippen LogP contribution in [0.15, 0.2) is 0 Å². The van der Waals surface area contributed by atoms with Gasteiger partial charge in [0, 0.05) is 13.1 Å². The number of thioether (sulfide) groups is 1. The summed E-state index contributed by atoms with van der Waals surface area (Å²) < 4.78 is 5.48. The first-order valence-corrected chi connectivity index (χ1v) is 7.15. The minimum atomic E-state index is -0.318. The van der Waals surface area contributed by atoms with Gasteiger partial charge in [0.25, 0.3) is 0 Å². The van der Waals surface area contributed by atoms with E-state index in [2.05, 4.69) is 0 Å². The topological polar surface area (TPSA) is 70.1 Å². The van der Waals surface area contributed by atoms with E-state index in [1.165, 1.54) is 11.8 Å². The van der Waals surface area contributed by atoms with Crippen LogP contribution in [0.5, 0.6) is 0 Å². The summed E-state index contributed by atoms with van der Waals surface area (Å²) in [5.74, 6) is 1.01. The zero-order valence-corrected chi connectivity index (χ0v) is 11.2. The van der Waals surface area contributed by atoms with Crippen molar-refractivity contribution in [2.24, 2.45) is 0 Å².